The molecule has 1 aromatic heterocycles. The number of rotatable bonds is 7. The first kappa shape index (κ1) is 18.1. The summed E-state index contributed by atoms with van der Waals surface area (Å²) in [4.78, 5) is 12.5. The Kier molecular flexibility index (Phi) is 5.72. The molecule has 1 N–H and O–H groups in total. The molecule has 0 aliphatic carbocycles. The molecular formula is C18H23NO4S. The average Bonchev–Trinajstić information content (AvgIpc) is 3.13. The number of nitrogens with one attached hydrogen (secondary N) is 1. The highest BCUT2D eigenvalue weighted by atomic mass is 32.1. The lowest BCUT2D eigenvalue weighted by Gasteiger charge is -2.24. The van der Waals surface area contributed by atoms with Crippen LogP contribution < -0.4 is 19.5 Å². The topological polar surface area (TPSA) is 56.8 Å². The molecule has 0 fully saturated rings. The van der Waals surface area contributed by atoms with Crippen molar-refractivity contribution >= 4 is 17.2 Å². The quantitative estimate of drug-likeness (QED) is 0.831. The van der Waals surface area contributed by atoms with E-state index in [9.17, 15) is 4.79 Å². The highest BCUT2D eigenvalue weighted by molar-refractivity contribution is 7.08. The minimum atomic E-state index is -0.183. The zero-order chi connectivity index (χ0) is 17.7. The van der Waals surface area contributed by atoms with Gasteiger partial charge in [0.05, 0.1) is 21.3 Å². The standard InChI is InChI=1S/C18H23NO4S/c1-18(2,13-6-7-24-10-13)11-19-17(20)12-8-14(21-3)16(23-5)15(9-12)22-4/h6-10H,11H2,1-5H3,(H,19,20). The molecule has 0 bridgehead atoms. The fraction of sp³-hybridized carbons (Fsp3) is 0.389. The van der Waals surface area contributed by atoms with E-state index < -0.39 is 0 Å². The Labute approximate surface area is 146 Å². The molecule has 0 saturated carbocycles. The number of thiophene rings is 1. The van der Waals surface area contributed by atoms with E-state index in [1.165, 1.54) is 26.9 Å². The highest BCUT2D eigenvalue weighted by Gasteiger charge is 2.23. The molecule has 0 spiro atoms. The zero-order valence-electron chi connectivity index (χ0n) is 14.6. The van der Waals surface area contributed by atoms with E-state index >= 15 is 0 Å². The lowest BCUT2D eigenvalue weighted by atomic mass is 9.86. The van der Waals surface area contributed by atoms with Crippen molar-refractivity contribution in [1.82, 2.24) is 5.32 Å². The van der Waals surface area contributed by atoms with Gasteiger partial charge in [0.2, 0.25) is 5.75 Å². The summed E-state index contributed by atoms with van der Waals surface area (Å²) in [5, 5.41) is 7.12. The maximum absolute atomic E-state index is 12.5. The van der Waals surface area contributed by atoms with Crippen molar-refractivity contribution in [3.8, 4) is 17.2 Å². The van der Waals surface area contributed by atoms with Crippen molar-refractivity contribution < 1.29 is 19.0 Å². The van der Waals surface area contributed by atoms with E-state index in [1.807, 2.05) is 5.38 Å². The second kappa shape index (κ2) is 7.57. The van der Waals surface area contributed by atoms with Crippen LogP contribution in [0.1, 0.15) is 29.8 Å². The lowest BCUT2D eigenvalue weighted by Crippen LogP contribution is -2.36. The first-order valence-corrected chi connectivity index (χ1v) is 8.48. The van der Waals surface area contributed by atoms with E-state index in [1.54, 1.807) is 23.5 Å². The van der Waals surface area contributed by atoms with Gasteiger partial charge in [-0.1, -0.05) is 13.8 Å². The minimum absolute atomic E-state index is 0.143. The van der Waals surface area contributed by atoms with Crippen molar-refractivity contribution in [2.24, 2.45) is 0 Å². The van der Waals surface area contributed by atoms with Gasteiger partial charge in [-0.3, -0.25) is 4.79 Å². The van der Waals surface area contributed by atoms with Crippen LogP contribution in [0.4, 0.5) is 0 Å². The summed E-state index contributed by atoms with van der Waals surface area (Å²) in [7, 11) is 4.58. The van der Waals surface area contributed by atoms with Crippen LogP contribution >= 0.6 is 11.3 Å². The predicted molar refractivity (Wildman–Crippen MR) is 95.8 cm³/mol. The number of amides is 1. The third kappa shape index (κ3) is 3.82. The smallest absolute Gasteiger partial charge is 0.251 e. The van der Waals surface area contributed by atoms with Gasteiger partial charge in [-0.25, -0.2) is 0 Å². The third-order valence-corrected chi connectivity index (χ3v) is 4.60. The Hall–Kier alpha value is -2.21. The number of carbonyl (C=O) groups is 1. The van der Waals surface area contributed by atoms with Gasteiger partial charge in [-0.2, -0.15) is 11.3 Å². The number of hydrogen-bond donors (Lipinski definition) is 1. The fourth-order valence-corrected chi connectivity index (χ4v) is 3.22. The van der Waals surface area contributed by atoms with Crippen LogP contribution in [0.5, 0.6) is 17.2 Å². The molecule has 1 heterocycles. The molecule has 0 radical (unpaired) electrons. The largest absolute Gasteiger partial charge is 0.493 e. The molecular weight excluding hydrogens is 326 g/mol. The summed E-state index contributed by atoms with van der Waals surface area (Å²) < 4.78 is 15.9. The Balaban J connectivity index is 2.18. The first-order chi connectivity index (χ1) is 11.4. The van der Waals surface area contributed by atoms with Gasteiger partial charge < -0.3 is 19.5 Å². The van der Waals surface area contributed by atoms with Gasteiger partial charge in [-0.05, 0) is 34.5 Å². The second-order valence-corrected chi connectivity index (χ2v) is 6.77. The molecule has 0 aliphatic rings. The zero-order valence-corrected chi connectivity index (χ0v) is 15.5. The van der Waals surface area contributed by atoms with Crippen LogP contribution in [0, 0.1) is 0 Å². The van der Waals surface area contributed by atoms with Crippen LogP contribution in [-0.4, -0.2) is 33.8 Å². The first-order valence-electron chi connectivity index (χ1n) is 7.54. The van der Waals surface area contributed by atoms with Gasteiger partial charge in [0.1, 0.15) is 0 Å². The number of hydrogen-bond acceptors (Lipinski definition) is 5. The number of methoxy groups -OCH3 is 3. The number of ether oxygens (including phenoxy) is 3. The molecule has 0 unspecified atom stereocenters. The summed E-state index contributed by atoms with van der Waals surface area (Å²) in [6.45, 7) is 4.73. The third-order valence-electron chi connectivity index (χ3n) is 3.92. The predicted octanol–water partition coefficient (Wildman–Crippen LogP) is 3.48. The molecule has 0 saturated heterocycles. The number of carbonyl (C=O) groups excluding carboxylic acids is 1. The average molecular weight is 349 g/mol. The van der Waals surface area contributed by atoms with Crippen LogP contribution in [0.25, 0.3) is 0 Å². The van der Waals surface area contributed by atoms with E-state index in [0.29, 0.717) is 29.4 Å². The van der Waals surface area contributed by atoms with Crippen LogP contribution in [0.15, 0.2) is 29.0 Å². The molecule has 24 heavy (non-hydrogen) atoms. The SMILES string of the molecule is COc1cc(C(=O)NCC(C)(C)c2ccsc2)cc(OC)c1OC. The van der Waals surface area contributed by atoms with E-state index in [2.05, 4.69) is 30.6 Å². The van der Waals surface area contributed by atoms with Gasteiger partial charge in [0, 0.05) is 17.5 Å². The fourth-order valence-electron chi connectivity index (χ4n) is 2.37. The maximum Gasteiger partial charge on any atom is 0.251 e. The lowest BCUT2D eigenvalue weighted by molar-refractivity contribution is 0.0945. The normalized spacial score (nSPS) is 11.0. The molecule has 6 heteroatoms. The molecule has 5 nitrogen and oxygen atoms in total. The summed E-state index contributed by atoms with van der Waals surface area (Å²) in [6.07, 6.45) is 0. The molecule has 0 aliphatic heterocycles. The molecule has 0 atom stereocenters. The van der Waals surface area contributed by atoms with Crippen LogP contribution in [0.3, 0.4) is 0 Å². The maximum atomic E-state index is 12.5. The van der Waals surface area contributed by atoms with E-state index in [4.69, 9.17) is 14.2 Å². The van der Waals surface area contributed by atoms with Crippen LogP contribution in [0.2, 0.25) is 0 Å². The van der Waals surface area contributed by atoms with Gasteiger partial charge >= 0.3 is 0 Å². The Morgan fingerprint density at radius 2 is 1.75 bits per heavy atom. The van der Waals surface area contributed by atoms with Crippen LogP contribution in [-0.2, 0) is 5.41 Å². The molecule has 2 rings (SSSR count). The van der Waals surface area contributed by atoms with Gasteiger partial charge in [0.25, 0.3) is 5.91 Å². The number of benzene rings is 1. The Bertz CT molecular complexity index is 670. The summed E-state index contributed by atoms with van der Waals surface area (Å²) in [6, 6.07) is 5.37. The van der Waals surface area contributed by atoms with Crippen molar-refractivity contribution in [1.29, 1.82) is 0 Å². The van der Waals surface area contributed by atoms with Gasteiger partial charge in [-0.15, -0.1) is 0 Å². The van der Waals surface area contributed by atoms with E-state index in [-0.39, 0.29) is 11.3 Å². The monoisotopic (exact) mass is 349 g/mol. The van der Waals surface area contributed by atoms with Crippen molar-refractivity contribution in [3.05, 3.63) is 40.1 Å². The highest BCUT2D eigenvalue weighted by Crippen LogP contribution is 2.38. The Morgan fingerprint density at radius 1 is 1.12 bits per heavy atom. The molecule has 1 aromatic carbocycles. The summed E-state index contributed by atoms with van der Waals surface area (Å²) in [5.41, 5.74) is 1.53. The van der Waals surface area contributed by atoms with E-state index in [0.717, 1.165) is 0 Å². The summed E-state index contributed by atoms with van der Waals surface area (Å²) >= 11 is 1.65. The minimum Gasteiger partial charge on any atom is -0.493 e. The molecule has 2 aromatic rings. The van der Waals surface area contributed by atoms with Gasteiger partial charge in [0.15, 0.2) is 11.5 Å². The summed E-state index contributed by atoms with van der Waals surface area (Å²) in [5.74, 6) is 1.20. The van der Waals surface area contributed by atoms with Crippen molar-refractivity contribution in [2.45, 2.75) is 19.3 Å². The molecule has 130 valence electrons. The van der Waals surface area contributed by atoms with Crippen molar-refractivity contribution in [2.75, 3.05) is 27.9 Å². The second-order valence-electron chi connectivity index (χ2n) is 5.99. The molecule has 1 amide bonds. The van der Waals surface area contributed by atoms with Crippen molar-refractivity contribution in [3.63, 3.8) is 0 Å². The Morgan fingerprint density at radius 3 is 2.21 bits per heavy atom.